The van der Waals surface area contributed by atoms with Gasteiger partial charge in [-0.25, -0.2) is 12.8 Å². The number of hydrogen-bond donors (Lipinski definition) is 1. The highest BCUT2D eigenvalue weighted by molar-refractivity contribution is 7.91. The van der Waals surface area contributed by atoms with Crippen molar-refractivity contribution in [3.8, 4) is 5.75 Å². The number of nitrogens with one attached hydrogen (secondary N) is 1. The van der Waals surface area contributed by atoms with Gasteiger partial charge in [0.25, 0.3) is 0 Å². The second kappa shape index (κ2) is 4.56. The Bertz CT molecular complexity index is 838. The number of H-pyrrole nitrogens is 1. The summed E-state index contributed by atoms with van der Waals surface area (Å²) in [5.41, 5.74) is 1.20. The minimum atomic E-state index is -3.02. The number of aromatic nitrogens is 2. The number of halogens is 1. The van der Waals surface area contributed by atoms with Gasteiger partial charge < -0.3 is 14.3 Å². The van der Waals surface area contributed by atoms with E-state index in [0.717, 1.165) is 0 Å². The van der Waals surface area contributed by atoms with E-state index in [1.165, 1.54) is 13.2 Å². The molecular weight excluding hydrogens is 303 g/mol. The van der Waals surface area contributed by atoms with Crippen molar-refractivity contribution >= 4 is 33.1 Å². The van der Waals surface area contributed by atoms with Crippen LogP contribution in [0.5, 0.6) is 5.75 Å². The maximum absolute atomic E-state index is 13.7. The van der Waals surface area contributed by atoms with Crippen LogP contribution in [0.15, 0.2) is 12.1 Å². The van der Waals surface area contributed by atoms with Gasteiger partial charge in [-0.1, -0.05) is 0 Å². The highest BCUT2D eigenvalue weighted by Gasteiger charge is 2.30. The molecule has 1 N–H and O–H groups in total. The van der Waals surface area contributed by atoms with E-state index in [9.17, 15) is 12.8 Å². The Hall–Kier alpha value is -1.41. The van der Waals surface area contributed by atoms with Gasteiger partial charge in [0.2, 0.25) is 0 Å². The SMILES string of the molecule is COc1cc2c(cc1F)[nH]c(=S)n2C1CCS(=O)(=O)C1. The summed E-state index contributed by atoms with van der Waals surface area (Å²) >= 11 is 5.24. The van der Waals surface area contributed by atoms with E-state index in [1.807, 2.05) is 0 Å². The van der Waals surface area contributed by atoms with Crippen LogP contribution in [0.2, 0.25) is 0 Å². The molecule has 3 rings (SSSR count). The third-order valence-corrected chi connectivity index (χ3v) is 5.61. The van der Waals surface area contributed by atoms with E-state index in [-0.39, 0.29) is 23.3 Å². The minimum Gasteiger partial charge on any atom is -0.494 e. The third kappa shape index (κ3) is 2.12. The lowest BCUT2D eigenvalue weighted by Gasteiger charge is -2.12. The van der Waals surface area contributed by atoms with E-state index in [1.54, 1.807) is 10.6 Å². The van der Waals surface area contributed by atoms with Gasteiger partial charge in [-0.15, -0.1) is 0 Å². The van der Waals surface area contributed by atoms with Gasteiger partial charge in [-0.2, -0.15) is 0 Å². The van der Waals surface area contributed by atoms with Crippen LogP contribution in [0.25, 0.3) is 11.0 Å². The summed E-state index contributed by atoms with van der Waals surface area (Å²) in [5, 5.41) is 0. The summed E-state index contributed by atoms with van der Waals surface area (Å²) < 4.78 is 44.0. The van der Waals surface area contributed by atoms with Gasteiger partial charge in [0, 0.05) is 12.1 Å². The summed E-state index contributed by atoms with van der Waals surface area (Å²) in [6.07, 6.45) is 0.517. The van der Waals surface area contributed by atoms with E-state index in [2.05, 4.69) is 4.98 Å². The average molecular weight is 316 g/mol. The van der Waals surface area contributed by atoms with Crippen molar-refractivity contribution in [3.05, 3.63) is 22.7 Å². The molecule has 8 heteroatoms. The zero-order valence-corrected chi connectivity index (χ0v) is 12.4. The molecule has 1 saturated heterocycles. The average Bonchev–Trinajstić information content (AvgIpc) is 2.86. The van der Waals surface area contributed by atoms with Crippen LogP contribution in [0.3, 0.4) is 0 Å². The highest BCUT2D eigenvalue weighted by Crippen LogP contribution is 2.31. The number of aromatic amines is 1. The Labute approximate surface area is 120 Å². The number of imidazole rings is 1. The topological polar surface area (TPSA) is 64.1 Å². The Morgan fingerprint density at radius 3 is 2.85 bits per heavy atom. The van der Waals surface area contributed by atoms with Gasteiger partial charge in [0.15, 0.2) is 26.2 Å². The summed E-state index contributed by atoms with van der Waals surface area (Å²) in [6, 6.07) is 2.64. The number of nitrogens with zero attached hydrogens (tertiary/aromatic N) is 1. The maximum atomic E-state index is 13.7. The van der Waals surface area contributed by atoms with Crippen LogP contribution in [0, 0.1) is 10.6 Å². The third-order valence-electron chi connectivity index (χ3n) is 3.56. The van der Waals surface area contributed by atoms with Crippen LogP contribution in [0.4, 0.5) is 4.39 Å². The largest absolute Gasteiger partial charge is 0.494 e. The van der Waals surface area contributed by atoms with Crippen molar-refractivity contribution in [2.75, 3.05) is 18.6 Å². The lowest BCUT2D eigenvalue weighted by Crippen LogP contribution is -2.11. The monoisotopic (exact) mass is 316 g/mol. The van der Waals surface area contributed by atoms with Crippen LogP contribution >= 0.6 is 12.2 Å². The van der Waals surface area contributed by atoms with Crippen molar-refractivity contribution in [2.45, 2.75) is 12.5 Å². The zero-order chi connectivity index (χ0) is 14.5. The number of sulfone groups is 1. The first kappa shape index (κ1) is 13.6. The zero-order valence-electron chi connectivity index (χ0n) is 10.7. The summed E-state index contributed by atoms with van der Waals surface area (Å²) in [5.74, 6) is -0.151. The van der Waals surface area contributed by atoms with Gasteiger partial charge in [0.1, 0.15) is 0 Å². The van der Waals surface area contributed by atoms with Crippen LogP contribution in [0.1, 0.15) is 12.5 Å². The Balaban J connectivity index is 2.20. The lowest BCUT2D eigenvalue weighted by molar-refractivity contribution is 0.387. The predicted molar refractivity (Wildman–Crippen MR) is 75.9 cm³/mol. The Kier molecular flexibility index (Phi) is 3.09. The molecule has 0 aliphatic carbocycles. The molecule has 1 aliphatic heterocycles. The molecule has 2 heterocycles. The first-order valence-corrected chi connectivity index (χ1v) is 8.32. The van der Waals surface area contributed by atoms with Crippen molar-refractivity contribution < 1.29 is 17.5 Å². The predicted octanol–water partition coefficient (Wildman–Crippen LogP) is 2.21. The van der Waals surface area contributed by atoms with Crippen molar-refractivity contribution in [1.29, 1.82) is 0 Å². The molecule has 0 bridgehead atoms. The Morgan fingerprint density at radius 1 is 1.50 bits per heavy atom. The molecule has 0 radical (unpaired) electrons. The number of benzene rings is 1. The molecule has 1 atom stereocenters. The number of ether oxygens (including phenoxy) is 1. The van der Waals surface area contributed by atoms with Gasteiger partial charge in [-0.3, -0.25) is 0 Å². The molecule has 2 aromatic rings. The highest BCUT2D eigenvalue weighted by atomic mass is 32.2. The molecule has 1 aromatic carbocycles. The first-order chi connectivity index (χ1) is 9.41. The van der Waals surface area contributed by atoms with Gasteiger partial charge in [0.05, 0.1) is 35.7 Å². The summed E-state index contributed by atoms with van der Waals surface area (Å²) in [7, 11) is -1.63. The molecule has 0 saturated carbocycles. The number of methoxy groups -OCH3 is 1. The molecule has 1 fully saturated rings. The van der Waals surface area contributed by atoms with Gasteiger partial charge in [-0.05, 0) is 18.6 Å². The van der Waals surface area contributed by atoms with Crippen LogP contribution in [-0.2, 0) is 9.84 Å². The van der Waals surface area contributed by atoms with E-state index >= 15 is 0 Å². The van der Waals surface area contributed by atoms with Crippen molar-refractivity contribution in [2.24, 2.45) is 0 Å². The first-order valence-electron chi connectivity index (χ1n) is 6.09. The fourth-order valence-electron chi connectivity index (χ4n) is 2.62. The fourth-order valence-corrected chi connectivity index (χ4v) is 4.68. The molecule has 108 valence electrons. The van der Waals surface area contributed by atoms with Crippen LogP contribution in [-0.4, -0.2) is 36.6 Å². The molecule has 5 nitrogen and oxygen atoms in total. The smallest absolute Gasteiger partial charge is 0.178 e. The second-order valence-electron chi connectivity index (χ2n) is 4.86. The quantitative estimate of drug-likeness (QED) is 0.863. The lowest BCUT2D eigenvalue weighted by atomic mass is 10.2. The van der Waals surface area contributed by atoms with E-state index < -0.39 is 15.7 Å². The fraction of sp³-hybridized carbons (Fsp3) is 0.417. The molecule has 0 amide bonds. The number of hydrogen-bond acceptors (Lipinski definition) is 4. The molecule has 1 aliphatic rings. The maximum Gasteiger partial charge on any atom is 0.178 e. The number of rotatable bonds is 2. The van der Waals surface area contributed by atoms with Crippen molar-refractivity contribution in [1.82, 2.24) is 9.55 Å². The number of fused-ring (bicyclic) bond motifs is 1. The summed E-state index contributed by atoms with van der Waals surface area (Å²) in [4.78, 5) is 2.91. The summed E-state index contributed by atoms with van der Waals surface area (Å²) in [6.45, 7) is 0. The Morgan fingerprint density at radius 2 is 2.25 bits per heavy atom. The second-order valence-corrected chi connectivity index (χ2v) is 7.48. The van der Waals surface area contributed by atoms with E-state index in [0.29, 0.717) is 22.2 Å². The molecule has 0 spiro atoms. The molecular formula is C12H13FN2O3S2. The normalized spacial score (nSPS) is 21.4. The molecule has 1 aromatic heterocycles. The minimum absolute atomic E-state index is 0.0634. The standard InChI is InChI=1S/C12H13FN2O3S2/c1-18-11-5-10-9(4-8(11)13)14-12(19)15(10)7-2-3-20(16,17)6-7/h4-5,7H,2-3,6H2,1H3,(H,14,19). The van der Waals surface area contributed by atoms with Crippen LogP contribution < -0.4 is 4.74 Å². The van der Waals surface area contributed by atoms with Gasteiger partial charge >= 0.3 is 0 Å². The molecule has 1 unspecified atom stereocenters. The van der Waals surface area contributed by atoms with E-state index in [4.69, 9.17) is 17.0 Å². The molecule has 20 heavy (non-hydrogen) atoms. The van der Waals surface area contributed by atoms with Crippen molar-refractivity contribution in [3.63, 3.8) is 0 Å².